The Labute approximate surface area is 139 Å². The first-order valence-electron chi connectivity index (χ1n) is 6.11. The van der Waals surface area contributed by atoms with Crippen molar-refractivity contribution in [1.82, 2.24) is 4.98 Å². The van der Waals surface area contributed by atoms with Crippen LogP contribution in [0.1, 0.15) is 0 Å². The minimum atomic E-state index is -3.87. The van der Waals surface area contributed by atoms with Gasteiger partial charge in [0.25, 0.3) is 10.0 Å². The maximum atomic E-state index is 13.3. The van der Waals surface area contributed by atoms with Gasteiger partial charge in [-0.25, -0.2) is 12.8 Å². The molecule has 0 aliphatic heterocycles. The summed E-state index contributed by atoms with van der Waals surface area (Å²) in [6.07, 6.45) is 1.37. The molecule has 3 aromatic rings. The first-order chi connectivity index (χ1) is 10.4. The van der Waals surface area contributed by atoms with Crippen LogP contribution in [0.25, 0.3) is 10.9 Å². The van der Waals surface area contributed by atoms with Crippen molar-refractivity contribution >= 4 is 54.1 Å². The number of H-pyrrole nitrogens is 1. The van der Waals surface area contributed by atoms with Gasteiger partial charge in [0, 0.05) is 26.6 Å². The molecule has 3 rings (SSSR count). The number of aromatic amines is 1. The zero-order valence-electron chi connectivity index (χ0n) is 10.9. The van der Waals surface area contributed by atoms with Gasteiger partial charge in [0.1, 0.15) is 10.7 Å². The summed E-state index contributed by atoms with van der Waals surface area (Å²) in [6.45, 7) is 0. The molecule has 0 unspecified atom stereocenters. The van der Waals surface area contributed by atoms with Gasteiger partial charge in [0.15, 0.2) is 0 Å². The molecule has 22 heavy (non-hydrogen) atoms. The van der Waals surface area contributed by atoms with E-state index >= 15 is 0 Å². The van der Waals surface area contributed by atoms with E-state index in [0.29, 0.717) is 20.4 Å². The largest absolute Gasteiger partial charge is 0.360 e. The summed E-state index contributed by atoms with van der Waals surface area (Å²) in [5.74, 6) is -0.536. The molecule has 0 fully saturated rings. The lowest BCUT2D eigenvalue weighted by Gasteiger charge is -2.09. The van der Waals surface area contributed by atoms with Crippen LogP contribution in [0, 0.1) is 5.82 Å². The first kappa shape index (κ1) is 15.3. The van der Waals surface area contributed by atoms with Crippen LogP contribution >= 0.6 is 27.5 Å². The van der Waals surface area contributed by atoms with Crippen LogP contribution in [0.5, 0.6) is 0 Å². The average Bonchev–Trinajstić information content (AvgIpc) is 2.86. The third-order valence-electron chi connectivity index (χ3n) is 3.07. The van der Waals surface area contributed by atoms with Gasteiger partial charge in [-0.3, -0.25) is 4.72 Å². The number of hydrogen-bond acceptors (Lipinski definition) is 2. The highest BCUT2D eigenvalue weighted by Gasteiger charge is 2.20. The molecule has 0 saturated heterocycles. The molecular formula is C14H9BrClFN2O2S. The highest BCUT2D eigenvalue weighted by atomic mass is 79.9. The second kappa shape index (κ2) is 5.57. The maximum Gasteiger partial charge on any atom is 0.264 e. The monoisotopic (exact) mass is 402 g/mol. The molecule has 0 bridgehead atoms. The molecule has 0 spiro atoms. The molecule has 114 valence electrons. The number of hydrogen-bond donors (Lipinski definition) is 2. The van der Waals surface area contributed by atoms with Gasteiger partial charge in [-0.05, 0) is 52.3 Å². The molecular weight excluding hydrogens is 395 g/mol. The molecule has 0 aliphatic carbocycles. The lowest BCUT2D eigenvalue weighted by atomic mass is 10.2. The Morgan fingerprint density at radius 2 is 1.95 bits per heavy atom. The third kappa shape index (κ3) is 2.84. The van der Waals surface area contributed by atoms with E-state index in [9.17, 15) is 12.8 Å². The number of nitrogens with one attached hydrogen (secondary N) is 2. The summed E-state index contributed by atoms with van der Waals surface area (Å²) >= 11 is 9.06. The zero-order chi connectivity index (χ0) is 15.9. The molecule has 4 nitrogen and oxygen atoms in total. The number of aromatic nitrogens is 1. The van der Waals surface area contributed by atoms with E-state index in [1.165, 1.54) is 18.3 Å². The average molecular weight is 404 g/mol. The van der Waals surface area contributed by atoms with E-state index in [4.69, 9.17) is 11.6 Å². The highest BCUT2D eigenvalue weighted by molar-refractivity contribution is 9.10. The number of halogens is 3. The molecule has 2 N–H and O–H groups in total. The van der Waals surface area contributed by atoms with E-state index in [-0.39, 0.29) is 10.6 Å². The van der Waals surface area contributed by atoms with Gasteiger partial charge in [0.2, 0.25) is 0 Å². The van der Waals surface area contributed by atoms with Crippen molar-refractivity contribution in [3.63, 3.8) is 0 Å². The second-order valence-electron chi connectivity index (χ2n) is 4.57. The number of fused-ring (bicyclic) bond motifs is 1. The van der Waals surface area contributed by atoms with Gasteiger partial charge in [0.05, 0.1) is 5.69 Å². The van der Waals surface area contributed by atoms with Crippen molar-refractivity contribution < 1.29 is 12.8 Å². The maximum absolute atomic E-state index is 13.3. The van der Waals surface area contributed by atoms with Gasteiger partial charge < -0.3 is 4.98 Å². The van der Waals surface area contributed by atoms with Crippen LogP contribution < -0.4 is 4.72 Å². The van der Waals surface area contributed by atoms with Crippen LogP contribution in [0.2, 0.25) is 5.02 Å². The van der Waals surface area contributed by atoms with Gasteiger partial charge in [-0.2, -0.15) is 0 Å². The van der Waals surface area contributed by atoms with Gasteiger partial charge in [-0.1, -0.05) is 11.6 Å². The van der Waals surface area contributed by atoms with E-state index in [1.54, 1.807) is 18.2 Å². The van der Waals surface area contributed by atoms with Crippen LogP contribution in [0.15, 0.2) is 52.0 Å². The molecule has 0 radical (unpaired) electrons. The van der Waals surface area contributed by atoms with Crippen LogP contribution in [0.3, 0.4) is 0 Å². The number of anilines is 1. The molecule has 0 aliphatic rings. The predicted molar refractivity (Wildman–Crippen MR) is 88.2 cm³/mol. The summed E-state index contributed by atoms with van der Waals surface area (Å²) in [6, 6.07) is 8.62. The lowest BCUT2D eigenvalue weighted by Crippen LogP contribution is -2.13. The smallest absolute Gasteiger partial charge is 0.264 e. The molecule has 2 aromatic carbocycles. The first-order valence-corrected chi connectivity index (χ1v) is 8.77. The molecule has 0 atom stereocenters. The van der Waals surface area contributed by atoms with E-state index in [1.807, 2.05) is 0 Å². The van der Waals surface area contributed by atoms with E-state index in [0.717, 1.165) is 6.07 Å². The fourth-order valence-electron chi connectivity index (χ4n) is 2.07. The van der Waals surface area contributed by atoms with Crippen molar-refractivity contribution in [1.29, 1.82) is 0 Å². The van der Waals surface area contributed by atoms with Crippen molar-refractivity contribution in [2.24, 2.45) is 0 Å². The molecule has 1 aromatic heterocycles. The van der Waals surface area contributed by atoms with Gasteiger partial charge in [-0.15, -0.1) is 0 Å². The second-order valence-corrected chi connectivity index (χ2v) is 7.51. The SMILES string of the molecule is O=S(=O)(Nc1cc(F)ccc1Br)c1c[nH]c2cc(Cl)ccc12. The Hall–Kier alpha value is -1.57. The minimum Gasteiger partial charge on any atom is -0.360 e. The summed E-state index contributed by atoms with van der Waals surface area (Å²) in [4.78, 5) is 2.92. The van der Waals surface area contributed by atoms with Crippen molar-refractivity contribution in [3.8, 4) is 0 Å². The molecule has 1 heterocycles. The van der Waals surface area contributed by atoms with Gasteiger partial charge >= 0.3 is 0 Å². The number of benzene rings is 2. The summed E-state index contributed by atoms with van der Waals surface area (Å²) in [5.41, 5.74) is 0.731. The van der Waals surface area contributed by atoms with Crippen LogP contribution in [-0.2, 0) is 10.0 Å². The van der Waals surface area contributed by atoms with Crippen molar-refractivity contribution in [3.05, 3.63) is 57.9 Å². The van der Waals surface area contributed by atoms with E-state index in [2.05, 4.69) is 25.6 Å². The Balaban J connectivity index is 2.07. The Bertz CT molecular complexity index is 972. The quantitative estimate of drug-likeness (QED) is 0.675. The highest BCUT2D eigenvalue weighted by Crippen LogP contribution is 2.29. The van der Waals surface area contributed by atoms with Crippen molar-refractivity contribution in [2.45, 2.75) is 4.90 Å². The predicted octanol–water partition coefficient (Wildman–Crippen LogP) is 4.52. The minimum absolute atomic E-state index is 0.0651. The molecule has 8 heteroatoms. The normalized spacial score (nSPS) is 11.8. The zero-order valence-corrected chi connectivity index (χ0v) is 14.1. The van der Waals surface area contributed by atoms with E-state index < -0.39 is 15.8 Å². The summed E-state index contributed by atoms with van der Waals surface area (Å²) in [5, 5.41) is 1.00. The molecule has 0 amide bonds. The van der Waals surface area contributed by atoms with Crippen molar-refractivity contribution in [2.75, 3.05) is 4.72 Å². The Morgan fingerprint density at radius 3 is 2.73 bits per heavy atom. The summed E-state index contributed by atoms with van der Waals surface area (Å²) < 4.78 is 41.1. The Morgan fingerprint density at radius 1 is 1.18 bits per heavy atom. The number of rotatable bonds is 3. The summed E-state index contributed by atoms with van der Waals surface area (Å²) in [7, 11) is -3.87. The lowest BCUT2D eigenvalue weighted by molar-refractivity contribution is 0.602. The Kier molecular flexibility index (Phi) is 3.88. The third-order valence-corrected chi connectivity index (χ3v) is 5.40. The molecule has 0 saturated carbocycles. The fourth-order valence-corrected chi connectivity index (χ4v) is 3.97. The fraction of sp³-hybridized carbons (Fsp3) is 0. The standard InChI is InChI=1S/C14H9BrClFN2O2S/c15-11-4-2-9(17)6-13(11)19-22(20,21)14-7-18-12-5-8(16)1-3-10(12)14/h1-7,18-19H. The number of sulfonamides is 1. The van der Waals surface area contributed by atoms with Crippen LogP contribution in [0.4, 0.5) is 10.1 Å². The topological polar surface area (TPSA) is 62.0 Å². The van der Waals surface area contributed by atoms with Crippen LogP contribution in [-0.4, -0.2) is 13.4 Å².